The molecule has 0 radical (unpaired) electrons. The van der Waals surface area contributed by atoms with E-state index in [1.165, 1.54) is 5.30 Å². The first-order valence-corrected chi connectivity index (χ1v) is 8.69. The molecule has 0 spiro atoms. The summed E-state index contributed by atoms with van der Waals surface area (Å²) >= 11 is 0. The van der Waals surface area contributed by atoms with Crippen molar-refractivity contribution in [2.45, 2.75) is 45.9 Å². The van der Waals surface area contributed by atoms with Gasteiger partial charge in [-0.15, -0.1) is 0 Å². The predicted octanol–water partition coefficient (Wildman–Crippen LogP) is 4.13. The van der Waals surface area contributed by atoms with Crippen LogP contribution < -0.4 is 5.30 Å². The molecule has 0 aliphatic heterocycles. The maximum Gasteiger partial charge on any atom is 0.122 e. The zero-order valence-corrected chi connectivity index (χ0v) is 14.8. The molecule has 2 atom stereocenters. The summed E-state index contributed by atoms with van der Waals surface area (Å²) < 4.78 is 0. The molecule has 2 aromatic rings. The summed E-state index contributed by atoms with van der Waals surface area (Å²) in [5.74, 6) is 0.400. The molecule has 3 heteroatoms. The fourth-order valence-corrected chi connectivity index (χ4v) is 4.31. The summed E-state index contributed by atoms with van der Waals surface area (Å²) in [6.07, 6.45) is 0.932. The molecule has 0 amide bonds. The normalized spacial score (nSPS) is 14.4. The van der Waals surface area contributed by atoms with E-state index in [2.05, 4.69) is 32.0 Å². The maximum atomic E-state index is 10.5. The molecule has 0 saturated heterocycles. The van der Waals surface area contributed by atoms with Gasteiger partial charge in [0.05, 0.1) is 6.61 Å². The summed E-state index contributed by atoms with van der Waals surface area (Å²) in [5, 5.41) is 21.2. The summed E-state index contributed by atoms with van der Waals surface area (Å²) in [6.45, 7) is 8.38. The molecule has 0 saturated carbocycles. The van der Waals surface area contributed by atoms with E-state index in [0.29, 0.717) is 14.3 Å². The lowest BCUT2D eigenvalue weighted by Crippen LogP contribution is -2.20. The fraction of sp³-hybridized carbons (Fsp3) is 0.368. The van der Waals surface area contributed by atoms with E-state index in [0.717, 1.165) is 28.7 Å². The molecule has 0 aromatic heterocycles. The molecule has 22 heavy (non-hydrogen) atoms. The van der Waals surface area contributed by atoms with Crippen molar-refractivity contribution >= 4 is 13.9 Å². The van der Waals surface area contributed by atoms with E-state index in [1.54, 1.807) is 0 Å². The Bertz CT molecular complexity index is 666. The van der Waals surface area contributed by atoms with Gasteiger partial charge in [0.25, 0.3) is 0 Å². The molecular weight excluding hydrogens is 291 g/mol. The quantitative estimate of drug-likeness (QED) is 0.814. The lowest BCUT2D eigenvalue weighted by Gasteiger charge is -2.31. The van der Waals surface area contributed by atoms with Gasteiger partial charge in [0.2, 0.25) is 0 Å². The number of rotatable bonds is 5. The summed E-state index contributed by atoms with van der Waals surface area (Å²) in [7, 11) is 0.501. The van der Waals surface area contributed by atoms with Crippen molar-refractivity contribution in [2.75, 3.05) is 0 Å². The van der Waals surface area contributed by atoms with Crippen LogP contribution in [0.5, 0.6) is 5.75 Å². The molecule has 2 aromatic carbocycles. The zero-order valence-electron chi connectivity index (χ0n) is 13.8. The highest BCUT2D eigenvalue weighted by molar-refractivity contribution is 7.48. The number of hydrogen-bond acceptors (Lipinski definition) is 2. The van der Waals surface area contributed by atoms with Crippen LogP contribution in [0.15, 0.2) is 36.4 Å². The summed E-state index contributed by atoms with van der Waals surface area (Å²) in [4.78, 5) is 0. The molecular formula is C19H25O2P. The van der Waals surface area contributed by atoms with Crippen LogP contribution in [0.1, 0.15) is 42.5 Å². The van der Waals surface area contributed by atoms with Crippen molar-refractivity contribution in [1.82, 2.24) is 0 Å². The minimum atomic E-state index is -0.130. The van der Waals surface area contributed by atoms with E-state index in [9.17, 15) is 10.2 Å². The highest BCUT2D eigenvalue weighted by Gasteiger charge is 2.29. The van der Waals surface area contributed by atoms with Crippen LogP contribution in [-0.4, -0.2) is 10.2 Å². The van der Waals surface area contributed by atoms with Gasteiger partial charge in [-0.3, -0.25) is 0 Å². The number of para-hydroxylation sites is 1. The SMILES string of the molecule is CCC(C)(Pc1ccc(C)cc1CO)c1cccc(C)c1O. The monoisotopic (exact) mass is 316 g/mol. The Morgan fingerprint density at radius 3 is 2.50 bits per heavy atom. The largest absolute Gasteiger partial charge is 0.507 e. The van der Waals surface area contributed by atoms with Crippen LogP contribution in [0, 0.1) is 13.8 Å². The molecule has 0 aliphatic rings. The maximum absolute atomic E-state index is 10.5. The molecule has 0 fully saturated rings. The van der Waals surface area contributed by atoms with E-state index in [-0.39, 0.29) is 11.8 Å². The standard InChI is InChI=1S/C19H25O2P/c1-5-19(4,16-8-6-7-14(3)18(16)21)22-17-10-9-13(2)11-15(17)12-20/h6-11,20-22H,5,12H2,1-4H3. The van der Waals surface area contributed by atoms with Gasteiger partial charge in [-0.1, -0.05) is 64.4 Å². The van der Waals surface area contributed by atoms with Crippen LogP contribution >= 0.6 is 8.58 Å². The van der Waals surface area contributed by atoms with Gasteiger partial charge in [-0.25, -0.2) is 0 Å². The van der Waals surface area contributed by atoms with Gasteiger partial charge in [-0.05, 0) is 36.7 Å². The molecule has 118 valence electrons. The van der Waals surface area contributed by atoms with Crippen LogP contribution in [0.4, 0.5) is 0 Å². The zero-order chi connectivity index (χ0) is 16.3. The topological polar surface area (TPSA) is 40.5 Å². The second-order valence-electron chi connectivity index (χ2n) is 6.10. The highest BCUT2D eigenvalue weighted by Crippen LogP contribution is 2.47. The third kappa shape index (κ3) is 3.34. The molecule has 0 heterocycles. The van der Waals surface area contributed by atoms with Crippen molar-refractivity contribution in [3.63, 3.8) is 0 Å². The lowest BCUT2D eigenvalue weighted by atomic mass is 9.94. The minimum absolute atomic E-state index is 0.0591. The van der Waals surface area contributed by atoms with Crippen molar-refractivity contribution < 1.29 is 10.2 Å². The number of aromatic hydroxyl groups is 1. The number of aryl methyl sites for hydroxylation is 2. The predicted molar refractivity (Wildman–Crippen MR) is 95.5 cm³/mol. The van der Waals surface area contributed by atoms with E-state index in [1.807, 2.05) is 32.0 Å². The van der Waals surface area contributed by atoms with Crippen molar-refractivity contribution in [2.24, 2.45) is 0 Å². The van der Waals surface area contributed by atoms with Crippen molar-refractivity contribution in [3.8, 4) is 5.75 Å². The minimum Gasteiger partial charge on any atom is -0.507 e. The third-order valence-electron chi connectivity index (χ3n) is 4.38. The van der Waals surface area contributed by atoms with E-state index >= 15 is 0 Å². The average Bonchev–Trinajstić information content (AvgIpc) is 2.51. The first-order valence-electron chi connectivity index (χ1n) is 7.69. The number of benzene rings is 2. The molecule has 0 bridgehead atoms. The smallest absolute Gasteiger partial charge is 0.122 e. The lowest BCUT2D eigenvalue weighted by molar-refractivity contribution is 0.283. The van der Waals surface area contributed by atoms with Crippen LogP contribution in [0.2, 0.25) is 0 Å². The van der Waals surface area contributed by atoms with Crippen molar-refractivity contribution in [1.29, 1.82) is 0 Å². The van der Waals surface area contributed by atoms with Crippen molar-refractivity contribution in [3.05, 3.63) is 58.7 Å². The molecule has 2 nitrogen and oxygen atoms in total. The Balaban J connectivity index is 2.46. The number of aliphatic hydroxyl groups is 1. The average molecular weight is 316 g/mol. The molecule has 2 unspecified atom stereocenters. The van der Waals surface area contributed by atoms with Gasteiger partial charge in [0.1, 0.15) is 5.75 Å². The Hall–Kier alpha value is -1.37. The number of phenols is 1. The molecule has 0 aliphatic carbocycles. The number of aliphatic hydroxyl groups excluding tert-OH is 1. The second-order valence-corrected chi connectivity index (χ2v) is 7.99. The fourth-order valence-electron chi connectivity index (χ4n) is 2.72. The molecule has 2 rings (SSSR count). The van der Waals surface area contributed by atoms with Crippen LogP contribution in [0.25, 0.3) is 0 Å². The van der Waals surface area contributed by atoms with Crippen LogP contribution in [-0.2, 0) is 11.8 Å². The summed E-state index contributed by atoms with van der Waals surface area (Å²) in [5.41, 5.74) is 4.06. The Labute approximate surface area is 135 Å². The number of hydrogen-bond donors (Lipinski definition) is 2. The van der Waals surface area contributed by atoms with Gasteiger partial charge >= 0.3 is 0 Å². The Kier molecular flexibility index (Phi) is 5.26. The molecule has 2 N–H and O–H groups in total. The Morgan fingerprint density at radius 2 is 1.86 bits per heavy atom. The Morgan fingerprint density at radius 1 is 1.14 bits per heavy atom. The second kappa shape index (κ2) is 6.81. The van der Waals surface area contributed by atoms with E-state index in [4.69, 9.17) is 0 Å². The first kappa shape index (κ1) is 17.0. The summed E-state index contributed by atoms with van der Waals surface area (Å²) in [6, 6.07) is 12.2. The van der Waals surface area contributed by atoms with Gasteiger partial charge in [-0.2, -0.15) is 0 Å². The number of phenolic OH excluding ortho intramolecular Hbond substituents is 1. The first-order chi connectivity index (χ1) is 10.4. The van der Waals surface area contributed by atoms with E-state index < -0.39 is 0 Å². The van der Waals surface area contributed by atoms with Gasteiger partial charge in [0.15, 0.2) is 0 Å². The highest BCUT2D eigenvalue weighted by atomic mass is 31.1. The third-order valence-corrected chi connectivity index (χ3v) is 6.31. The van der Waals surface area contributed by atoms with Crippen LogP contribution in [0.3, 0.4) is 0 Å². The van der Waals surface area contributed by atoms with Gasteiger partial charge in [0, 0.05) is 10.7 Å². The van der Waals surface area contributed by atoms with Gasteiger partial charge < -0.3 is 10.2 Å².